The molecule has 1 atom stereocenters. The van der Waals surface area contributed by atoms with Crippen molar-refractivity contribution < 1.29 is 4.79 Å². The number of likely N-dealkylation sites (N-methyl/N-ethyl adjacent to an activating group) is 1. The Morgan fingerprint density at radius 3 is 2.77 bits per heavy atom. The average Bonchev–Trinajstić information content (AvgIpc) is 3.17. The first-order valence-electron chi connectivity index (χ1n) is 10.5. The number of carbonyl (C=O) groups excluding carboxylic acids is 1. The minimum absolute atomic E-state index is 0.165. The van der Waals surface area contributed by atoms with Crippen molar-refractivity contribution in [2.75, 3.05) is 39.8 Å². The molecule has 1 unspecified atom stereocenters. The monoisotopic (exact) mass is 407 g/mol. The standard InChI is InChI=1S/C22H29N7O/c1-16-14-17(2)29-22(24-16)25-20(26-29)21(30)23-10-7-11-28-13-12-27(3)15-19(28)18-8-5-4-6-9-18/h4-6,8-9,14,19H,7,10-13,15H2,1-3H3,(H,23,30). The second-order valence-corrected chi connectivity index (χ2v) is 8.02. The fraction of sp³-hybridized carbons (Fsp3) is 0.455. The van der Waals surface area contributed by atoms with Gasteiger partial charge in [0.1, 0.15) is 0 Å². The Morgan fingerprint density at radius 1 is 1.17 bits per heavy atom. The van der Waals surface area contributed by atoms with E-state index in [0.29, 0.717) is 18.4 Å². The van der Waals surface area contributed by atoms with Crippen LogP contribution in [0, 0.1) is 13.8 Å². The van der Waals surface area contributed by atoms with E-state index in [9.17, 15) is 4.79 Å². The summed E-state index contributed by atoms with van der Waals surface area (Å²) < 4.78 is 1.61. The maximum absolute atomic E-state index is 12.5. The maximum atomic E-state index is 12.5. The van der Waals surface area contributed by atoms with Gasteiger partial charge in [-0.05, 0) is 38.9 Å². The van der Waals surface area contributed by atoms with Gasteiger partial charge in [0.25, 0.3) is 11.7 Å². The van der Waals surface area contributed by atoms with Crippen LogP contribution in [0.1, 0.15) is 40.0 Å². The van der Waals surface area contributed by atoms with Crippen LogP contribution in [0.4, 0.5) is 0 Å². The van der Waals surface area contributed by atoms with Crippen molar-refractivity contribution >= 4 is 11.7 Å². The van der Waals surface area contributed by atoms with Crippen molar-refractivity contribution in [3.63, 3.8) is 0 Å². The number of nitrogens with zero attached hydrogens (tertiary/aromatic N) is 6. The van der Waals surface area contributed by atoms with Gasteiger partial charge in [0, 0.05) is 50.2 Å². The van der Waals surface area contributed by atoms with Crippen LogP contribution in [0.5, 0.6) is 0 Å². The molecule has 8 heteroatoms. The van der Waals surface area contributed by atoms with Crippen LogP contribution in [0.15, 0.2) is 36.4 Å². The summed E-state index contributed by atoms with van der Waals surface area (Å²) in [5.74, 6) is 0.370. The minimum Gasteiger partial charge on any atom is -0.349 e. The summed E-state index contributed by atoms with van der Waals surface area (Å²) >= 11 is 0. The highest BCUT2D eigenvalue weighted by Crippen LogP contribution is 2.24. The molecule has 3 aromatic rings. The van der Waals surface area contributed by atoms with Gasteiger partial charge in [0.2, 0.25) is 5.82 Å². The first kappa shape index (κ1) is 20.4. The topological polar surface area (TPSA) is 78.7 Å². The van der Waals surface area contributed by atoms with E-state index in [1.807, 2.05) is 19.9 Å². The number of fused-ring (bicyclic) bond motifs is 1. The molecule has 1 aromatic carbocycles. The third-order valence-electron chi connectivity index (χ3n) is 5.61. The van der Waals surface area contributed by atoms with E-state index in [1.54, 1.807) is 4.52 Å². The zero-order valence-electron chi connectivity index (χ0n) is 17.9. The smallest absolute Gasteiger partial charge is 0.291 e. The van der Waals surface area contributed by atoms with Gasteiger partial charge in [-0.3, -0.25) is 9.69 Å². The quantitative estimate of drug-likeness (QED) is 0.629. The molecule has 1 aliphatic rings. The second-order valence-electron chi connectivity index (χ2n) is 8.02. The summed E-state index contributed by atoms with van der Waals surface area (Å²) in [4.78, 5) is 26.0. The van der Waals surface area contributed by atoms with E-state index < -0.39 is 0 Å². The summed E-state index contributed by atoms with van der Waals surface area (Å²) in [6, 6.07) is 13.0. The summed E-state index contributed by atoms with van der Waals surface area (Å²) in [5.41, 5.74) is 3.12. The molecule has 0 spiro atoms. The molecule has 0 saturated carbocycles. The Balaban J connectivity index is 1.33. The second kappa shape index (κ2) is 8.89. The largest absolute Gasteiger partial charge is 0.349 e. The van der Waals surface area contributed by atoms with E-state index in [0.717, 1.165) is 44.0 Å². The van der Waals surface area contributed by atoms with Gasteiger partial charge >= 0.3 is 0 Å². The van der Waals surface area contributed by atoms with Gasteiger partial charge in [-0.25, -0.2) is 9.50 Å². The molecule has 0 aliphatic carbocycles. The number of carbonyl (C=O) groups is 1. The van der Waals surface area contributed by atoms with Crippen LogP contribution < -0.4 is 5.32 Å². The molecule has 1 amide bonds. The predicted molar refractivity (Wildman–Crippen MR) is 115 cm³/mol. The highest BCUT2D eigenvalue weighted by Gasteiger charge is 2.26. The van der Waals surface area contributed by atoms with Gasteiger partial charge in [0.05, 0.1) is 0 Å². The number of hydrogen-bond acceptors (Lipinski definition) is 6. The Morgan fingerprint density at radius 2 is 1.97 bits per heavy atom. The first-order valence-corrected chi connectivity index (χ1v) is 10.5. The Hall–Kier alpha value is -2.84. The summed E-state index contributed by atoms with van der Waals surface area (Å²) in [6.45, 7) is 8.47. The number of aryl methyl sites for hydroxylation is 2. The van der Waals surface area contributed by atoms with E-state index in [2.05, 4.69) is 67.6 Å². The third-order valence-corrected chi connectivity index (χ3v) is 5.61. The molecule has 158 valence electrons. The third kappa shape index (κ3) is 4.49. The number of piperazine rings is 1. The SMILES string of the molecule is Cc1cc(C)n2nc(C(=O)NCCCN3CCN(C)CC3c3ccccc3)nc2n1. The van der Waals surface area contributed by atoms with Crippen LogP contribution in [0.3, 0.4) is 0 Å². The van der Waals surface area contributed by atoms with Gasteiger partial charge in [-0.2, -0.15) is 4.98 Å². The summed E-state index contributed by atoms with van der Waals surface area (Å²) in [6.07, 6.45) is 0.878. The molecule has 8 nitrogen and oxygen atoms in total. The first-order chi connectivity index (χ1) is 14.5. The molecule has 1 saturated heterocycles. The molecule has 3 heterocycles. The van der Waals surface area contributed by atoms with Gasteiger partial charge in [-0.1, -0.05) is 30.3 Å². The highest BCUT2D eigenvalue weighted by molar-refractivity contribution is 5.90. The van der Waals surface area contributed by atoms with Gasteiger partial charge in [-0.15, -0.1) is 5.10 Å². The molecule has 1 aliphatic heterocycles. The van der Waals surface area contributed by atoms with Crippen molar-refractivity contribution in [3.05, 3.63) is 59.2 Å². The number of aromatic nitrogens is 4. The number of benzene rings is 1. The maximum Gasteiger partial charge on any atom is 0.291 e. The number of hydrogen-bond donors (Lipinski definition) is 1. The van der Waals surface area contributed by atoms with E-state index in [1.165, 1.54) is 5.56 Å². The molecule has 0 radical (unpaired) electrons. The molecule has 1 fully saturated rings. The van der Waals surface area contributed by atoms with Crippen molar-refractivity contribution in [2.45, 2.75) is 26.3 Å². The van der Waals surface area contributed by atoms with Crippen LogP contribution >= 0.6 is 0 Å². The number of amides is 1. The molecular formula is C22H29N7O. The summed E-state index contributed by atoms with van der Waals surface area (Å²) in [5, 5.41) is 7.25. The lowest BCUT2D eigenvalue weighted by molar-refractivity contribution is 0.0863. The van der Waals surface area contributed by atoms with Crippen molar-refractivity contribution in [1.29, 1.82) is 0 Å². The Bertz CT molecular complexity index is 1020. The van der Waals surface area contributed by atoms with Crippen LogP contribution in [0.25, 0.3) is 5.78 Å². The van der Waals surface area contributed by atoms with E-state index in [-0.39, 0.29) is 11.7 Å². The Labute approximate surface area is 176 Å². The van der Waals surface area contributed by atoms with Crippen molar-refractivity contribution in [1.82, 2.24) is 34.7 Å². The van der Waals surface area contributed by atoms with E-state index in [4.69, 9.17) is 0 Å². The normalized spacial score (nSPS) is 18.0. The van der Waals surface area contributed by atoms with E-state index >= 15 is 0 Å². The van der Waals surface area contributed by atoms with Gasteiger partial charge in [0.15, 0.2) is 0 Å². The molecule has 4 rings (SSSR count). The van der Waals surface area contributed by atoms with Crippen LogP contribution in [0.2, 0.25) is 0 Å². The molecule has 2 aromatic heterocycles. The molecule has 0 bridgehead atoms. The summed E-state index contributed by atoms with van der Waals surface area (Å²) in [7, 11) is 2.17. The molecule has 30 heavy (non-hydrogen) atoms. The van der Waals surface area contributed by atoms with Crippen molar-refractivity contribution in [3.8, 4) is 0 Å². The number of nitrogens with one attached hydrogen (secondary N) is 1. The van der Waals surface area contributed by atoms with Crippen molar-refractivity contribution in [2.24, 2.45) is 0 Å². The number of rotatable bonds is 6. The minimum atomic E-state index is -0.254. The highest BCUT2D eigenvalue weighted by atomic mass is 16.2. The fourth-order valence-electron chi connectivity index (χ4n) is 4.04. The molecular weight excluding hydrogens is 378 g/mol. The zero-order chi connectivity index (χ0) is 21.1. The lowest BCUT2D eigenvalue weighted by Gasteiger charge is -2.40. The average molecular weight is 408 g/mol. The molecule has 1 N–H and O–H groups in total. The lowest BCUT2D eigenvalue weighted by atomic mass is 10.0. The van der Waals surface area contributed by atoms with Gasteiger partial charge < -0.3 is 10.2 Å². The predicted octanol–water partition coefficient (Wildman–Crippen LogP) is 1.85. The van der Waals surface area contributed by atoms with Crippen LogP contribution in [-0.2, 0) is 0 Å². The fourth-order valence-corrected chi connectivity index (χ4v) is 4.04. The zero-order valence-corrected chi connectivity index (χ0v) is 17.9. The Kier molecular flexibility index (Phi) is 6.06. The van der Waals surface area contributed by atoms with Crippen LogP contribution in [-0.4, -0.2) is 75.1 Å². The lowest BCUT2D eigenvalue weighted by Crippen LogP contribution is -2.47.